The van der Waals surface area contributed by atoms with Gasteiger partial charge in [-0.25, -0.2) is 9.59 Å². The zero-order chi connectivity index (χ0) is 49.3. The average molecular weight is 1040 g/mol. The zero-order valence-corrected chi connectivity index (χ0v) is 38.8. The van der Waals surface area contributed by atoms with Crippen LogP contribution in [0, 0.1) is 13.8 Å². The molecule has 6 aromatic rings. The molecule has 0 atom stereocenters. The molecule has 4 aromatic heterocycles. The molecule has 0 aliphatic heterocycles. The maximum absolute atomic E-state index is 13.0. The minimum atomic E-state index is -4.83. The van der Waals surface area contributed by atoms with Gasteiger partial charge in [0.05, 0.1) is 40.6 Å². The summed E-state index contributed by atoms with van der Waals surface area (Å²) in [5.41, 5.74) is -0.197. The van der Waals surface area contributed by atoms with E-state index in [4.69, 9.17) is 14.5 Å². The molecule has 0 spiro atoms. The fourth-order valence-electron chi connectivity index (χ4n) is 6.11. The highest BCUT2D eigenvalue weighted by atomic mass is 79.9. The molecule has 26 heteroatoms. The van der Waals surface area contributed by atoms with Crippen LogP contribution in [0.2, 0.25) is 0 Å². The van der Waals surface area contributed by atoms with Crippen LogP contribution < -0.4 is 36.6 Å². The highest BCUT2D eigenvalue weighted by molar-refractivity contribution is 9.11. The Bertz CT molecular complexity index is 2960. The van der Waals surface area contributed by atoms with Gasteiger partial charge in [0.2, 0.25) is 0 Å². The van der Waals surface area contributed by atoms with Crippen LogP contribution in [0.25, 0.3) is 30.9 Å². The number of hydrogen-bond acceptors (Lipinski definition) is 14. The summed E-state index contributed by atoms with van der Waals surface area (Å²) in [6.07, 6.45) is -9.70. The van der Waals surface area contributed by atoms with Gasteiger partial charge in [0.15, 0.2) is 0 Å². The van der Waals surface area contributed by atoms with E-state index in [0.717, 1.165) is 42.0 Å². The number of ether oxygens (including phenoxy) is 4. The first-order valence-electron chi connectivity index (χ1n) is 19.2. The van der Waals surface area contributed by atoms with Gasteiger partial charge in [0.1, 0.15) is 26.9 Å². The summed E-state index contributed by atoms with van der Waals surface area (Å²) in [7, 11) is 3.48. The number of carbonyl (C=O) groups excluding carboxylic acids is 2. The Kier molecular flexibility index (Phi) is 18.0. The summed E-state index contributed by atoms with van der Waals surface area (Å²) in [4.78, 5) is 75.0. The lowest BCUT2D eigenvalue weighted by atomic mass is 10.1. The lowest BCUT2D eigenvalue weighted by Crippen LogP contribution is -2.39. The highest BCUT2D eigenvalue weighted by Crippen LogP contribution is 2.38. The van der Waals surface area contributed by atoms with Crippen molar-refractivity contribution in [2.24, 2.45) is 14.1 Å². The van der Waals surface area contributed by atoms with Crippen molar-refractivity contribution in [2.45, 2.75) is 66.4 Å². The van der Waals surface area contributed by atoms with Crippen molar-refractivity contribution in [3.05, 3.63) is 105 Å². The minimum absolute atomic E-state index is 0.00114. The Labute approximate surface area is 386 Å². The number of thiophene rings is 2. The van der Waals surface area contributed by atoms with E-state index < -0.39 is 47.4 Å². The van der Waals surface area contributed by atoms with Crippen LogP contribution >= 0.6 is 38.6 Å². The van der Waals surface area contributed by atoms with E-state index in [9.17, 15) is 55.1 Å². The molecule has 355 valence electrons. The van der Waals surface area contributed by atoms with Crippen LogP contribution in [0.3, 0.4) is 0 Å². The number of rotatable bonds is 13. The summed E-state index contributed by atoms with van der Waals surface area (Å²) in [5.74, 6) is -1.69. The molecule has 1 radical (unpaired) electrons. The number of aryl methyl sites for hydroxylation is 4. The van der Waals surface area contributed by atoms with E-state index in [1.165, 1.54) is 57.9 Å². The van der Waals surface area contributed by atoms with Gasteiger partial charge >= 0.3 is 43.7 Å². The second-order valence-electron chi connectivity index (χ2n) is 13.4. The number of esters is 2. The largest absolute Gasteiger partial charge is 0.573 e. The molecule has 4 heterocycles. The van der Waals surface area contributed by atoms with Gasteiger partial charge in [-0.05, 0) is 84.6 Å². The standard InChI is InChI=1S/C20H19F3N2O5S.C13H15BrN2O4S.C7H5BF3O3/c1-4-29-14(26)8-9-25-17(27)15-11(2)16(31-18(15)24(3)19(25)28)12-6-5-7-13(10-12)30-20(21,22)23;1-4-20-8(17)5-6-16-11(18)9-7(2)10(14)21-12(9)15(3)13(16)19;9-7(10,11)13-5-2-1-3-6(4-5)14-8-12/h5-7,10H,4,8-9H2,1-3H3;4-6H2,1-3H3;1-4,12H. The van der Waals surface area contributed by atoms with Crippen LogP contribution in [0.15, 0.2) is 71.5 Å². The number of hydrogen-bond donors (Lipinski definition) is 1. The molecule has 0 unspecified atom stereocenters. The lowest BCUT2D eigenvalue weighted by Gasteiger charge is -2.09. The molecule has 66 heavy (non-hydrogen) atoms. The fourth-order valence-corrected chi connectivity index (χ4v) is 9.00. The van der Waals surface area contributed by atoms with Crippen molar-refractivity contribution in [3.8, 4) is 27.7 Å². The quantitative estimate of drug-likeness (QED) is 0.0720. The molecule has 0 saturated carbocycles. The van der Waals surface area contributed by atoms with Gasteiger partial charge in [0.25, 0.3) is 11.1 Å². The molecule has 0 bridgehead atoms. The summed E-state index contributed by atoms with van der Waals surface area (Å²) < 4.78 is 100. The molecule has 16 nitrogen and oxygen atoms in total. The van der Waals surface area contributed by atoms with Gasteiger partial charge in [-0.2, -0.15) is 0 Å². The highest BCUT2D eigenvalue weighted by Gasteiger charge is 2.32. The fraction of sp³-hybridized carbons (Fsp3) is 0.350. The number of alkyl halides is 6. The normalized spacial score (nSPS) is 11.3. The van der Waals surface area contributed by atoms with Crippen molar-refractivity contribution in [2.75, 3.05) is 13.2 Å². The molecule has 6 rings (SSSR count). The Morgan fingerprint density at radius 1 is 0.697 bits per heavy atom. The van der Waals surface area contributed by atoms with Crippen LogP contribution in [-0.2, 0) is 46.2 Å². The summed E-state index contributed by atoms with van der Waals surface area (Å²) >= 11 is 5.86. The smallest absolute Gasteiger partial charge is 0.537 e. The maximum atomic E-state index is 13.0. The first-order valence-corrected chi connectivity index (χ1v) is 21.6. The van der Waals surface area contributed by atoms with Gasteiger partial charge in [-0.3, -0.25) is 37.4 Å². The molecule has 0 aliphatic carbocycles. The van der Waals surface area contributed by atoms with Gasteiger partial charge in [0, 0.05) is 38.1 Å². The number of carbonyl (C=O) groups is 2. The molecule has 0 fully saturated rings. The Balaban J connectivity index is 0.000000235. The van der Waals surface area contributed by atoms with Crippen molar-refractivity contribution in [3.63, 3.8) is 0 Å². The average Bonchev–Trinajstić information content (AvgIpc) is 3.74. The zero-order valence-electron chi connectivity index (χ0n) is 35.6. The SMILES string of the molecule is CCOC(=O)CCn1c(=O)c2c(C)c(-c3cccc(OC(F)(F)F)c3)sc2n(C)c1=O.CCOC(=O)CCn1c(=O)c2c(C)c(Br)sc2n(C)c1=O.O[B]Oc1cccc(OC(F)(F)F)c1. The van der Waals surface area contributed by atoms with E-state index in [2.05, 4.69) is 30.1 Å². The number of nitrogens with zero attached hydrogens (tertiary/aromatic N) is 4. The molecule has 0 aliphatic rings. The first kappa shape index (κ1) is 52.8. The van der Waals surface area contributed by atoms with Crippen molar-refractivity contribution >= 4 is 78.7 Å². The number of fused-ring (bicyclic) bond motifs is 2. The van der Waals surface area contributed by atoms with E-state index >= 15 is 0 Å². The van der Waals surface area contributed by atoms with Crippen LogP contribution in [0.1, 0.15) is 37.8 Å². The summed E-state index contributed by atoms with van der Waals surface area (Å²) in [5, 5.41) is 9.02. The predicted molar refractivity (Wildman–Crippen MR) is 236 cm³/mol. The van der Waals surface area contributed by atoms with Gasteiger partial charge < -0.3 is 28.6 Å². The van der Waals surface area contributed by atoms with Crippen LogP contribution in [-0.4, -0.2) is 68.9 Å². The molecule has 0 amide bonds. The van der Waals surface area contributed by atoms with E-state index in [-0.39, 0.29) is 61.6 Å². The maximum Gasteiger partial charge on any atom is 0.573 e. The Morgan fingerprint density at radius 2 is 1.14 bits per heavy atom. The number of benzene rings is 2. The van der Waals surface area contributed by atoms with Gasteiger partial charge in [-0.15, -0.1) is 49.0 Å². The van der Waals surface area contributed by atoms with E-state index in [1.807, 2.05) is 6.92 Å². The van der Waals surface area contributed by atoms with Crippen molar-refractivity contribution < 1.29 is 64.6 Å². The summed E-state index contributed by atoms with van der Waals surface area (Å²) in [6.45, 7) is 7.20. The third-order valence-corrected chi connectivity index (χ3v) is 12.7. The van der Waals surface area contributed by atoms with Gasteiger partial charge in [-0.1, -0.05) is 18.2 Å². The van der Waals surface area contributed by atoms with Crippen molar-refractivity contribution in [1.29, 1.82) is 0 Å². The molecular formula is C40H39BBrF6N4O12S2. The van der Waals surface area contributed by atoms with Crippen LogP contribution in [0.5, 0.6) is 17.2 Å². The summed E-state index contributed by atoms with van der Waals surface area (Å²) in [6, 6.07) is 10.2. The van der Waals surface area contributed by atoms with E-state index in [0.29, 0.717) is 38.7 Å². The van der Waals surface area contributed by atoms with E-state index in [1.54, 1.807) is 33.9 Å². The lowest BCUT2D eigenvalue weighted by molar-refractivity contribution is -0.275. The third-order valence-electron chi connectivity index (χ3n) is 9.01. The topological polar surface area (TPSA) is 189 Å². The molecule has 2 aromatic carbocycles. The Morgan fingerprint density at radius 3 is 1.61 bits per heavy atom. The third kappa shape index (κ3) is 13.4. The number of halogens is 7. The molecule has 1 N–H and O–H groups in total. The predicted octanol–water partition coefficient (Wildman–Crippen LogP) is 6.87. The second kappa shape index (κ2) is 22.6. The van der Waals surface area contributed by atoms with Crippen LogP contribution in [0.4, 0.5) is 26.3 Å². The Hall–Kier alpha value is -5.86. The molecular weight excluding hydrogens is 997 g/mol. The monoisotopic (exact) mass is 1040 g/mol. The minimum Gasteiger partial charge on any atom is -0.537 e. The van der Waals surface area contributed by atoms with Crippen molar-refractivity contribution in [1.82, 2.24) is 18.3 Å². The number of aromatic nitrogens is 4. The first-order chi connectivity index (χ1) is 30.9. The molecule has 0 saturated heterocycles. The second-order valence-corrected chi connectivity index (χ2v) is 16.8.